The molecule has 0 unspecified atom stereocenters. The van der Waals surface area contributed by atoms with Gasteiger partial charge < -0.3 is 9.67 Å². The molecule has 0 aliphatic heterocycles. The van der Waals surface area contributed by atoms with Crippen LogP contribution in [-0.4, -0.2) is 15.6 Å². The minimum atomic E-state index is -1.43. The molecule has 0 spiro atoms. The van der Waals surface area contributed by atoms with E-state index in [1.807, 2.05) is 0 Å². The molecular formula is C12H8BrF2NO3. The Bertz CT molecular complexity index is 755. The van der Waals surface area contributed by atoms with E-state index in [9.17, 15) is 18.4 Å². The molecule has 0 aliphatic rings. The summed E-state index contributed by atoms with van der Waals surface area (Å²) in [4.78, 5) is 22.9. The maximum absolute atomic E-state index is 14.0. The van der Waals surface area contributed by atoms with Crippen molar-refractivity contribution < 1.29 is 18.7 Å². The van der Waals surface area contributed by atoms with Crippen LogP contribution in [0.4, 0.5) is 8.78 Å². The molecule has 2 aromatic rings. The van der Waals surface area contributed by atoms with E-state index in [-0.39, 0.29) is 21.9 Å². The highest BCUT2D eigenvalue weighted by Gasteiger charge is 2.20. The van der Waals surface area contributed by atoms with Gasteiger partial charge in [0, 0.05) is 12.7 Å². The van der Waals surface area contributed by atoms with Crippen LogP contribution in [0.15, 0.2) is 21.5 Å². The van der Waals surface area contributed by atoms with Gasteiger partial charge in [-0.25, -0.2) is 13.6 Å². The van der Waals surface area contributed by atoms with E-state index in [1.54, 1.807) is 6.92 Å². The number of nitrogens with zero attached hydrogens (tertiary/aromatic N) is 1. The van der Waals surface area contributed by atoms with Crippen LogP contribution in [0.3, 0.4) is 0 Å². The molecule has 0 saturated carbocycles. The first-order valence-corrected chi connectivity index (χ1v) is 6.11. The molecule has 7 heteroatoms. The standard InChI is InChI=1S/C12H8BrF2NO3/c1-2-16-4-6(12(18)19)11(17)5-3-7(14)8(13)9(15)10(5)16/h3-4H,2H2,1H3,(H,18,19). The number of fused-ring (bicyclic) bond motifs is 1. The summed E-state index contributed by atoms with van der Waals surface area (Å²) in [5.41, 5.74) is -1.54. The van der Waals surface area contributed by atoms with Gasteiger partial charge in [-0.1, -0.05) is 0 Å². The maximum atomic E-state index is 14.0. The van der Waals surface area contributed by atoms with Crippen LogP contribution in [0.5, 0.6) is 0 Å². The minimum Gasteiger partial charge on any atom is -0.477 e. The van der Waals surface area contributed by atoms with Crippen molar-refractivity contribution >= 4 is 32.8 Å². The Labute approximate surface area is 114 Å². The summed E-state index contributed by atoms with van der Waals surface area (Å²) >= 11 is 2.75. The first kappa shape index (κ1) is 13.7. The van der Waals surface area contributed by atoms with Gasteiger partial charge in [-0.2, -0.15) is 0 Å². The van der Waals surface area contributed by atoms with Crippen molar-refractivity contribution in [2.45, 2.75) is 13.5 Å². The van der Waals surface area contributed by atoms with Gasteiger partial charge in [0.2, 0.25) is 5.43 Å². The van der Waals surface area contributed by atoms with E-state index in [2.05, 4.69) is 15.9 Å². The smallest absolute Gasteiger partial charge is 0.341 e. The number of carbonyl (C=O) groups is 1. The Kier molecular flexibility index (Phi) is 3.40. The van der Waals surface area contributed by atoms with Crippen molar-refractivity contribution in [2.75, 3.05) is 0 Å². The van der Waals surface area contributed by atoms with Gasteiger partial charge in [0.25, 0.3) is 0 Å². The molecule has 1 heterocycles. The van der Waals surface area contributed by atoms with Crippen molar-refractivity contribution in [3.8, 4) is 0 Å². The highest BCUT2D eigenvalue weighted by atomic mass is 79.9. The Balaban J connectivity index is 3.08. The molecule has 1 N–H and O–H groups in total. The predicted octanol–water partition coefficient (Wildman–Crippen LogP) is 2.76. The van der Waals surface area contributed by atoms with Gasteiger partial charge >= 0.3 is 5.97 Å². The summed E-state index contributed by atoms with van der Waals surface area (Å²) in [7, 11) is 0. The molecule has 0 fully saturated rings. The van der Waals surface area contributed by atoms with Gasteiger partial charge in [-0.05, 0) is 28.9 Å². The lowest BCUT2D eigenvalue weighted by molar-refractivity contribution is 0.0695. The van der Waals surface area contributed by atoms with E-state index in [0.29, 0.717) is 0 Å². The second-order valence-electron chi connectivity index (χ2n) is 3.85. The van der Waals surface area contributed by atoms with Crippen molar-refractivity contribution in [1.82, 2.24) is 4.57 Å². The average Bonchev–Trinajstić information content (AvgIpc) is 2.37. The van der Waals surface area contributed by atoms with E-state index < -0.39 is 28.6 Å². The fourth-order valence-corrected chi connectivity index (χ4v) is 2.17. The lowest BCUT2D eigenvalue weighted by Gasteiger charge is -2.12. The molecule has 1 aromatic carbocycles. The number of pyridine rings is 1. The number of aromatic carboxylic acids is 1. The summed E-state index contributed by atoms with van der Waals surface area (Å²) in [5, 5.41) is 8.64. The van der Waals surface area contributed by atoms with Crippen LogP contribution in [0.2, 0.25) is 0 Å². The zero-order valence-corrected chi connectivity index (χ0v) is 11.3. The van der Waals surface area contributed by atoms with E-state index in [1.165, 1.54) is 4.57 Å². The minimum absolute atomic E-state index is 0.120. The van der Waals surface area contributed by atoms with Crippen LogP contribution in [-0.2, 0) is 6.54 Å². The van der Waals surface area contributed by atoms with Crippen LogP contribution in [0.25, 0.3) is 10.9 Å². The summed E-state index contributed by atoms with van der Waals surface area (Å²) in [6.45, 7) is 1.90. The van der Waals surface area contributed by atoms with Crippen LogP contribution < -0.4 is 5.43 Å². The first-order chi connectivity index (χ1) is 8.88. The van der Waals surface area contributed by atoms with Crippen LogP contribution in [0, 0.1) is 11.6 Å². The normalized spacial score (nSPS) is 10.9. The summed E-state index contributed by atoms with van der Waals surface area (Å²) < 4.78 is 28.4. The molecule has 1 aromatic heterocycles. The molecular weight excluding hydrogens is 324 g/mol. The van der Waals surface area contributed by atoms with E-state index >= 15 is 0 Å². The third-order valence-electron chi connectivity index (χ3n) is 2.77. The quantitative estimate of drug-likeness (QED) is 0.861. The topological polar surface area (TPSA) is 59.3 Å². The lowest BCUT2D eigenvalue weighted by atomic mass is 10.1. The first-order valence-electron chi connectivity index (χ1n) is 5.32. The summed E-state index contributed by atoms with van der Waals surface area (Å²) in [6, 6.07) is 0.837. The third kappa shape index (κ3) is 2.03. The Morgan fingerprint density at radius 2 is 2.11 bits per heavy atom. The number of aryl methyl sites for hydroxylation is 1. The number of hydrogen-bond donors (Lipinski definition) is 1. The molecule has 0 radical (unpaired) electrons. The summed E-state index contributed by atoms with van der Waals surface area (Å²) in [6.07, 6.45) is 1.06. The maximum Gasteiger partial charge on any atom is 0.341 e. The largest absolute Gasteiger partial charge is 0.477 e. The fourth-order valence-electron chi connectivity index (χ4n) is 1.87. The summed E-state index contributed by atoms with van der Waals surface area (Å²) in [5.74, 6) is -3.31. The molecule has 0 atom stereocenters. The monoisotopic (exact) mass is 331 g/mol. The zero-order chi connectivity index (χ0) is 14.3. The van der Waals surface area contributed by atoms with Crippen molar-refractivity contribution in [3.05, 3.63) is 44.2 Å². The van der Waals surface area contributed by atoms with Gasteiger partial charge in [0.1, 0.15) is 11.4 Å². The number of carboxylic acid groups (broad SMARTS) is 1. The molecule has 0 bridgehead atoms. The van der Waals surface area contributed by atoms with Crippen molar-refractivity contribution in [1.29, 1.82) is 0 Å². The third-order valence-corrected chi connectivity index (χ3v) is 3.50. The van der Waals surface area contributed by atoms with Gasteiger partial charge in [-0.15, -0.1) is 0 Å². The van der Waals surface area contributed by atoms with E-state index in [4.69, 9.17) is 5.11 Å². The molecule has 2 rings (SSSR count). The van der Waals surface area contributed by atoms with Gasteiger partial charge in [0.05, 0.1) is 15.4 Å². The molecule has 100 valence electrons. The number of aromatic nitrogens is 1. The fraction of sp³-hybridized carbons (Fsp3) is 0.167. The highest BCUT2D eigenvalue weighted by Crippen LogP contribution is 2.26. The number of benzene rings is 1. The average molecular weight is 332 g/mol. The molecule has 4 nitrogen and oxygen atoms in total. The molecule has 0 aliphatic carbocycles. The van der Waals surface area contributed by atoms with Gasteiger partial charge in [-0.3, -0.25) is 4.79 Å². The number of carboxylic acids is 1. The number of hydrogen-bond acceptors (Lipinski definition) is 2. The number of rotatable bonds is 2. The SMILES string of the molecule is CCn1cc(C(=O)O)c(=O)c2cc(F)c(Br)c(F)c21. The Hall–Kier alpha value is -1.76. The zero-order valence-electron chi connectivity index (χ0n) is 9.71. The van der Waals surface area contributed by atoms with Crippen LogP contribution in [0.1, 0.15) is 17.3 Å². The highest BCUT2D eigenvalue weighted by molar-refractivity contribution is 9.10. The Morgan fingerprint density at radius 1 is 1.47 bits per heavy atom. The number of halogens is 3. The van der Waals surface area contributed by atoms with Crippen molar-refractivity contribution in [2.24, 2.45) is 0 Å². The van der Waals surface area contributed by atoms with Crippen LogP contribution >= 0.6 is 15.9 Å². The second kappa shape index (κ2) is 4.73. The lowest BCUT2D eigenvalue weighted by Crippen LogP contribution is -2.19. The Morgan fingerprint density at radius 3 is 2.63 bits per heavy atom. The molecule has 19 heavy (non-hydrogen) atoms. The molecule has 0 saturated heterocycles. The predicted molar refractivity (Wildman–Crippen MR) is 68.5 cm³/mol. The molecule has 0 amide bonds. The van der Waals surface area contributed by atoms with E-state index in [0.717, 1.165) is 12.3 Å². The van der Waals surface area contributed by atoms with Crippen molar-refractivity contribution in [3.63, 3.8) is 0 Å². The van der Waals surface area contributed by atoms with Gasteiger partial charge in [0.15, 0.2) is 5.82 Å². The second-order valence-corrected chi connectivity index (χ2v) is 4.64.